The van der Waals surface area contributed by atoms with Crippen LogP contribution in [0.2, 0.25) is 0 Å². The van der Waals surface area contributed by atoms with Crippen molar-refractivity contribution in [3.63, 3.8) is 0 Å². The van der Waals surface area contributed by atoms with Gasteiger partial charge in [0.1, 0.15) is 0 Å². The Labute approximate surface area is 126 Å². The summed E-state index contributed by atoms with van der Waals surface area (Å²) in [6.07, 6.45) is 8.91. The summed E-state index contributed by atoms with van der Waals surface area (Å²) in [4.78, 5) is 0. The number of fused-ring (bicyclic) bond motifs is 3. The maximum absolute atomic E-state index is 2.35. The van der Waals surface area contributed by atoms with Crippen LogP contribution < -0.4 is 0 Å². The van der Waals surface area contributed by atoms with Crippen molar-refractivity contribution in [3.8, 4) is 11.1 Å². The van der Waals surface area contributed by atoms with Crippen molar-refractivity contribution in [2.24, 2.45) is 0 Å². The Balaban J connectivity index is 1.96. The maximum atomic E-state index is 2.35. The van der Waals surface area contributed by atoms with Crippen LogP contribution in [-0.2, 0) is 6.42 Å². The molecule has 0 fully saturated rings. The minimum absolute atomic E-state index is 0.565. The summed E-state index contributed by atoms with van der Waals surface area (Å²) < 4.78 is 0. The molecule has 0 atom stereocenters. The average Bonchev–Trinajstić information content (AvgIpc) is 3.13. The summed E-state index contributed by atoms with van der Waals surface area (Å²) in [6, 6.07) is 13.5. The van der Waals surface area contributed by atoms with Crippen molar-refractivity contribution >= 4 is 5.57 Å². The number of benzene rings is 2. The van der Waals surface area contributed by atoms with Crippen LogP contribution in [0.3, 0.4) is 0 Å². The molecule has 0 amide bonds. The topological polar surface area (TPSA) is 0 Å². The van der Waals surface area contributed by atoms with E-state index in [0.29, 0.717) is 5.92 Å². The number of hydrogen-bond acceptors (Lipinski definition) is 0. The largest absolute Gasteiger partial charge is 0.0801 e. The van der Waals surface area contributed by atoms with Gasteiger partial charge in [-0.2, -0.15) is 0 Å². The molecule has 0 saturated carbocycles. The van der Waals surface area contributed by atoms with E-state index in [1.54, 1.807) is 0 Å². The fraction of sp³-hybridized carbons (Fsp3) is 0.238. The van der Waals surface area contributed by atoms with Crippen LogP contribution in [0.1, 0.15) is 48.4 Å². The third kappa shape index (κ3) is 1.90. The molecule has 0 unspecified atom stereocenters. The highest BCUT2D eigenvalue weighted by Gasteiger charge is 2.25. The first-order valence-corrected chi connectivity index (χ1v) is 7.86. The highest BCUT2D eigenvalue weighted by Crippen LogP contribution is 2.44. The molecule has 2 aromatic carbocycles. The second-order valence-electron chi connectivity index (χ2n) is 6.37. The first kappa shape index (κ1) is 12.6. The Morgan fingerprint density at radius 2 is 1.81 bits per heavy atom. The maximum Gasteiger partial charge on any atom is -0.000730 e. The van der Waals surface area contributed by atoms with E-state index in [1.807, 2.05) is 0 Å². The number of hydrogen-bond donors (Lipinski definition) is 0. The fourth-order valence-corrected chi connectivity index (χ4v) is 3.72. The van der Waals surface area contributed by atoms with Crippen LogP contribution >= 0.6 is 0 Å². The summed E-state index contributed by atoms with van der Waals surface area (Å²) in [7, 11) is 0. The second kappa shape index (κ2) is 4.73. The van der Waals surface area contributed by atoms with E-state index in [4.69, 9.17) is 0 Å². The lowest BCUT2D eigenvalue weighted by molar-refractivity contribution is 0.859. The molecular weight excluding hydrogens is 252 g/mol. The van der Waals surface area contributed by atoms with Crippen LogP contribution in [0, 0.1) is 0 Å². The highest BCUT2D eigenvalue weighted by atomic mass is 14.3. The molecule has 0 aliphatic heterocycles. The molecule has 2 aliphatic rings. The molecule has 2 aliphatic carbocycles. The molecule has 0 radical (unpaired) electrons. The van der Waals surface area contributed by atoms with Crippen LogP contribution in [-0.4, -0.2) is 0 Å². The number of allylic oxidation sites excluding steroid dienone is 4. The zero-order valence-corrected chi connectivity index (χ0v) is 12.7. The first-order valence-electron chi connectivity index (χ1n) is 7.86. The van der Waals surface area contributed by atoms with E-state index in [1.165, 1.54) is 39.0 Å². The van der Waals surface area contributed by atoms with E-state index in [-0.39, 0.29) is 0 Å². The average molecular weight is 272 g/mol. The molecule has 104 valence electrons. The van der Waals surface area contributed by atoms with Gasteiger partial charge >= 0.3 is 0 Å². The minimum Gasteiger partial charge on any atom is -0.0801 e. The van der Waals surface area contributed by atoms with Gasteiger partial charge in [0.25, 0.3) is 0 Å². The standard InChI is InChI=1S/C21H20/c1-14(2)17-11-12-19-18-10-6-5-9-16(18)13-20(19)21(17)15-7-3-4-8-15/h3-7,9-12,14H,8,13H2,1-2H3. The predicted octanol–water partition coefficient (Wildman–Crippen LogP) is 5.72. The van der Waals surface area contributed by atoms with Gasteiger partial charge in [-0.15, -0.1) is 0 Å². The van der Waals surface area contributed by atoms with Gasteiger partial charge in [-0.1, -0.05) is 68.5 Å². The van der Waals surface area contributed by atoms with Gasteiger partial charge in [0, 0.05) is 0 Å². The minimum atomic E-state index is 0.565. The van der Waals surface area contributed by atoms with Gasteiger partial charge in [0.2, 0.25) is 0 Å². The Morgan fingerprint density at radius 1 is 0.952 bits per heavy atom. The van der Waals surface area contributed by atoms with Gasteiger partial charge in [-0.25, -0.2) is 0 Å². The van der Waals surface area contributed by atoms with Crippen LogP contribution in [0.25, 0.3) is 16.7 Å². The molecular formula is C21H20. The Kier molecular flexibility index (Phi) is 2.85. The molecule has 21 heavy (non-hydrogen) atoms. The van der Waals surface area contributed by atoms with Crippen molar-refractivity contribution in [2.45, 2.75) is 32.6 Å². The van der Waals surface area contributed by atoms with E-state index in [0.717, 1.165) is 12.8 Å². The normalized spacial score (nSPS) is 15.3. The molecule has 0 nitrogen and oxygen atoms in total. The lowest BCUT2D eigenvalue weighted by Gasteiger charge is -2.18. The molecule has 0 aromatic heterocycles. The van der Waals surface area contributed by atoms with E-state index in [9.17, 15) is 0 Å². The predicted molar refractivity (Wildman–Crippen MR) is 90.5 cm³/mol. The smallest absolute Gasteiger partial charge is 0.000730 e. The lowest BCUT2D eigenvalue weighted by atomic mass is 9.86. The van der Waals surface area contributed by atoms with E-state index in [2.05, 4.69) is 68.5 Å². The van der Waals surface area contributed by atoms with Gasteiger partial charge in [-0.3, -0.25) is 0 Å². The van der Waals surface area contributed by atoms with Crippen molar-refractivity contribution in [1.82, 2.24) is 0 Å². The van der Waals surface area contributed by atoms with Gasteiger partial charge in [0.05, 0.1) is 0 Å². The van der Waals surface area contributed by atoms with Crippen molar-refractivity contribution < 1.29 is 0 Å². The summed E-state index contributed by atoms with van der Waals surface area (Å²) in [5.41, 5.74) is 10.4. The molecule has 0 heterocycles. The highest BCUT2D eigenvalue weighted by molar-refractivity contribution is 5.86. The number of rotatable bonds is 2. The molecule has 0 spiro atoms. The van der Waals surface area contributed by atoms with Crippen molar-refractivity contribution in [1.29, 1.82) is 0 Å². The fourth-order valence-electron chi connectivity index (χ4n) is 3.72. The van der Waals surface area contributed by atoms with Crippen molar-refractivity contribution in [3.05, 3.63) is 76.9 Å². The Bertz CT molecular complexity index is 773. The molecule has 0 saturated heterocycles. The SMILES string of the molecule is CC(C)c1ccc2c(c1C1=CC=CC1)Cc1ccccc1-2. The lowest BCUT2D eigenvalue weighted by Crippen LogP contribution is -2.00. The molecule has 0 heteroatoms. The quantitative estimate of drug-likeness (QED) is 0.559. The summed E-state index contributed by atoms with van der Waals surface area (Å²) in [5.74, 6) is 0.565. The molecule has 0 N–H and O–H groups in total. The Morgan fingerprint density at radius 3 is 2.57 bits per heavy atom. The van der Waals surface area contributed by atoms with Gasteiger partial charge in [-0.05, 0) is 57.7 Å². The van der Waals surface area contributed by atoms with Gasteiger partial charge < -0.3 is 0 Å². The first-order chi connectivity index (χ1) is 10.3. The summed E-state index contributed by atoms with van der Waals surface area (Å²) in [6.45, 7) is 4.60. The summed E-state index contributed by atoms with van der Waals surface area (Å²) >= 11 is 0. The second-order valence-corrected chi connectivity index (χ2v) is 6.37. The van der Waals surface area contributed by atoms with Gasteiger partial charge in [0.15, 0.2) is 0 Å². The van der Waals surface area contributed by atoms with Crippen molar-refractivity contribution in [2.75, 3.05) is 0 Å². The monoisotopic (exact) mass is 272 g/mol. The van der Waals surface area contributed by atoms with Crippen LogP contribution in [0.5, 0.6) is 0 Å². The third-order valence-electron chi connectivity index (χ3n) is 4.73. The van der Waals surface area contributed by atoms with E-state index < -0.39 is 0 Å². The third-order valence-corrected chi connectivity index (χ3v) is 4.73. The molecule has 2 aromatic rings. The molecule has 0 bridgehead atoms. The Hall–Kier alpha value is -2.08. The zero-order valence-electron chi connectivity index (χ0n) is 12.7. The van der Waals surface area contributed by atoms with Crippen LogP contribution in [0.15, 0.2) is 54.6 Å². The zero-order chi connectivity index (χ0) is 14.4. The van der Waals surface area contributed by atoms with E-state index >= 15 is 0 Å². The molecule has 4 rings (SSSR count). The summed E-state index contributed by atoms with van der Waals surface area (Å²) in [5, 5.41) is 0. The van der Waals surface area contributed by atoms with Crippen LogP contribution in [0.4, 0.5) is 0 Å².